The van der Waals surface area contributed by atoms with Gasteiger partial charge in [-0.25, -0.2) is 0 Å². The quantitative estimate of drug-likeness (QED) is 0.737. The predicted octanol–water partition coefficient (Wildman–Crippen LogP) is 0.396. The van der Waals surface area contributed by atoms with Crippen LogP contribution < -0.4 is 0 Å². The normalized spacial score (nSPS) is 43.7. The molecule has 0 aromatic heterocycles. The summed E-state index contributed by atoms with van der Waals surface area (Å²) in [6.07, 6.45) is 0.0819. The minimum Gasteiger partial charge on any atom is -0.390 e. The number of hydrogen-bond donors (Lipinski definition) is 1. The Balaban J connectivity index is 2.22. The highest BCUT2D eigenvalue weighted by Crippen LogP contribution is 2.42. The van der Waals surface area contributed by atoms with Gasteiger partial charge in [-0.15, -0.1) is 0 Å². The first-order valence-corrected chi connectivity index (χ1v) is 7.75. The minimum absolute atomic E-state index is 0.209. The van der Waals surface area contributed by atoms with E-state index in [1.807, 2.05) is 0 Å². The van der Waals surface area contributed by atoms with Crippen molar-refractivity contribution in [2.45, 2.75) is 63.3 Å². The van der Waals surface area contributed by atoms with E-state index in [9.17, 15) is 13.5 Å². The summed E-state index contributed by atoms with van der Waals surface area (Å²) in [4.78, 5) is 0. The van der Waals surface area contributed by atoms with Crippen LogP contribution in [0, 0.1) is 0 Å². The SMILES string of the molecule is CC1(C)O[C@@H]2[C@@H](C[C@](C)(O)C[C@H]2OS(C)(=O)=O)O1. The molecule has 18 heavy (non-hydrogen) atoms. The summed E-state index contributed by atoms with van der Waals surface area (Å²) in [5.41, 5.74) is -1.01. The fraction of sp³-hybridized carbons (Fsp3) is 1.00. The molecule has 6 nitrogen and oxygen atoms in total. The Bertz CT molecular complexity index is 427. The lowest BCUT2D eigenvalue weighted by atomic mass is 9.81. The van der Waals surface area contributed by atoms with E-state index in [0.29, 0.717) is 6.42 Å². The van der Waals surface area contributed by atoms with E-state index in [4.69, 9.17) is 13.7 Å². The third-order valence-electron chi connectivity index (χ3n) is 3.17. The van der Waals surface area contributed by atoms with Crippen LogP contribution in [0.15, 0.2) is 0 Å². The maximum Gasteiger partial charge on any atom is 0.264 e. The number of hydrogen-bond acceptors (Lipinski definition) is 6. The molecule has 2 aliphatic rings. The van der Waals surface area contributed by atoms with Crippen molar-refractivity contribution >= 4 is 10.1 Å². The number of aliphatic hydroxyl groups is 1. The van der Waals surface area contributed by atoms with Gasteiger partial charge in [0.2, 0.25) is 0 Å². The van der Waals surface area contributed by atoms with Crippen molar-refractivity contribution in [2.24, 2.45) is 0 Å². The van der Waals surface area contributed by atoms with Gasteiger partial charge in [0.1, 0.15) is 12.2 Å². The van der Waals surface area contributed by atoms with E-state index in [2.05, 4.69) is 0 Å². The zero-order valence-electron chi connectivity index (χ0n) is 11.0. The molecular formula is C11H20O6S. The summed E-state index contributed by atoms with van der Waals surface area (Å²) < 4.78 is 38.9. The standard InChI is InChI=1S/C11H20O6S/c1-10(2)15-7-5-11(3,12)6-8(9(7)16-10)17-18(4,13)14/h7-9,12H,5-6H2,1-4H3/t7-,8-,9-,11+/m1/s1. The van der Waals surface area contributed by atoms with Crippen LogP contribution >= 0.6 is 0 Å². The van der Waals surface area contributed by atoms with E-state index >= 15 is 0 Å². The van der Waals surface area contributed by atoms with Crippen LogP contribution in [0.5, 0.6) is 0 Å². The first-order valence-electron chi connectivity index (χ1n) is 5.94. The Labute approximate surface area is 107 Å². The molecule has 2 rings (SSSR count). The molecule has 0 bridgehead atoms. The third-order valence-corrected chi connectivity index (χ3v) is 3.76. The Kier molecular flexibility index (Phi) is 3.27. The van der Waals surface area contributed by atoms with Crippen molar-refractivity contribution in [3.63, 3.8) is 0 Å². The van der Waals surface area contributed by atoms with E-state index in [1.54, 1.807) is 20.8 Å². The monoisotopic (exact) mass is 280 g/mol. The van der Waals surface area contributed by atoms with Gasteiger partial charge < -0.3 is 14.6 Å². The Hall–Kier alpha value is -0.210. The number of fused-ring (bicyclic) bond motifs is 1. The maximum atomic E-state index is 11.3. The summed E-state index contributed by atoms with van der Waals surface area (Å²) in [6.45, 7) is 5.17. The lowest BCUT2D eigenvalue weighted by molar-refractivity contribution is -0.151. The molecule has 0 radical (unpaired) electrons. The average Bonchev–Trinajstić information content (AvgIpc) is 2.34. The van der Waals surface area contributed by atoms with E-state index in [0.717, 1.165) is 6.26 Å². The van der Waals surface area contributed by atoms with Gasteiger partial charge in [0.05, 0.1) is 18.0 Å². The molecular weight excluding hydrogens is 260 g/mol. The molecule has 1 aliphatic carbocycles. The highest BCUT2D eigenvalue weighted by molar-refractivity contribution is 7.86. The number of rotatable bonds is 2. The van der Waals surface area contributed by atoms with Crippen molar-refractivity contribution in [3.8, 4) is 0 Å². The van der Waals surface area contributed by atoms with Crippen LogP contribution in [0.2, 0.25) is 0 Å². The van der Waals surface area contributed by atoms with E-state index in [1.165, 1.54) is 0 Å². The van der Waals surface area contributed by atoms with Crippen LogP contribution in [-0.2, 0) is 23.8 Å². The van der Waals surface area contributed by atoms with Crippen LogP contribution in [0.3, 0.4) is 0 Å². The van der Waals surface area contributed by atoms with E-state index < -0.39 is 33.7 Å². The summed E-state index contributed by atoms with van der Waals surface area (Å²) in [5.74, 6) is -0.783. The molecule has 7 heteroatoms. The molecule has 4 atom stereocenters. The largest absolute Gasteiger partial charge is 0.390 e. The molecule has 0 amide bonds. The highest BCUT2D eigenvalue weighted by atomic mass is 32.2. The van der Waals surface area contributed by atoms with Crippen molar-refractivity contribution in [2.75, 3.05) is 6.26 Å². The summed E-state index contributed by atoms with van der Waals surface area (Å²) >= 11 is 0. The molecule has 0 aromatic carbocycles. The smallest absolute Gasteiger partial charge is 0.264 e. The van der Waals surface area contributed by atoms with E-state index in [-0.39, 0.29) is 12.5 Å². The van der Waals surface area contributed by atoms with Gasteiger partial charge >= 0.3 is 0 Å². The first kappa shape index (κ1) is 14.2. The fourth-order valence-corrected chi connectivity index (χ4v) is 3.34. The fourth-order valence-electron chi connectivity index (χ4n) is 2.72. The minimum atomic E-state index is -3.60. The Morgan fingerprint density at radius 2 is 1.83 bits per heavy atom. The second-order valence-electron chi connectivity index (χ2n) is 5.88. The molecule has 2 fully saturated rings. The molecule has 1 saturated heterocycles. The molecule has 1 heterocycles. The van der Waals surface area contributed by atoms with Crippen molar-refractivity contribution in [3.05, 3.63) is 0 Å². The first-order chi connectivity index (χ1) is 7.98. The molecule has 1 saturated carbocycles. The maximum absolute atomic E-state index is 11.3. The second kappa shape index (κ2) is 4.14. The summed E-state index contributed by atoms with van der Waals surface area (Å²) in [7, 11) is -3.60. The highest BCUT2D eigenvalue weighted by Gasteiger charge is 2.53. The summed E-state index contributed by atoms with van der Waals surface area (Å²) in [5, 5.41) is 10.1. The van der Waals surface area contributed by atoms with Gasteiger partial charge in [-0.05, 0) is 20.8 Å². The third kappa shape index (κ3) is 3.21. The van der Waals surface area contributed by atoms with Crippen LogP contribution in [0.25, 0.3) is 0 Å². The van der Waals surface area contributed by atoms with Crippen LogP contribution in [0.1, 0.15) is 33.6 Å². The summed E-state index contributed by atoms with van der Waals surface area (Å²) in [6, 6.07) is 0. The lowest BCUT2D eigenvalue weighted by Crippen LogP contribution is -2.51. The molecule has 0 unspecified atom stereocenters. The van der Waals surface area contributed by atoms with Gasteiger partial charge in [0, 0.05) is 12.8 Å². The Morgan fingerprint density at radius 1 is 1.22 bits per heavy atom. The zero-order valence-corrected chi connectivity index (χ0v) is 11.9. The molecule has 1 aliphatic heterocycles. The zero-order chi connectivity index (χ0) is 13.8. The van der Waals surface area contributed by atoms with Gasteiger partial charge in [0.15, 0.2) is 5.79 Å². The lowest BCUT2D eigenvalue weighted by Gasteiger charge is -2.38. The van der Waals surface area contributed by atoms with Crippen molar-refractivity contribution in [1.29, 1.82) is 0 Å². The predicted molar refractivity (Wildman–Crippen MR) is 63.4 cm³/mol. The molecule has 0 spiro atoms. The second-order valence-corrected chi connectivity index (χ2v) is 7.48. The molecule has 0 aromatic rings. The van der Waals surface area contributed by atoms with Crippen LogP contribution in [0.4, 0.5) is 0 Å². The van der Waals surface area contributed by atoms with Gasteiger partial charge in [-0.1, -0.05) is 0 Å². The van der Waals surface area contributed by atoms with Crippen molar-refractivity contribution in [1.82, 2.24) is 0 Å². The number of ether oxygens (including phenoxy) is 2. The van der Waals surface area contributed by atoms with Crippen molar-refractivity contribution < 1.29 is 27.2 Å². The van der Waals surface area contributed by atoms with Gasteiger partial charge in [-0.3, -0.25) is 4.18 Å². The Morgan fingerprint density at radius 3 is 2.39 bits per heavy atom. The topological polar surface area (TPSA) is 82.1 Å². The van der Waals surface area contributed by atoms with Gasteiger partial charge in [0.25, 0.3) is 10.1 Å². The molecule has 106 valence electrons. The molecule has 1 N–H and O–H groups in total. The average molecular weight is 280 g/mol. The van der Waals surface area contributed by atoms with Gasteiger partial charge in [-0.2, -0.15) is 8.42 Å². The van der Waals surface area contributed by atoms with Crippen LogP contribution in [-0.4, -0.2) is 49.5 Å².